The van der Waals surface area contributed by atoms with Crippen LogP contribution < -0.4 is 4.74 Å². The zero-order chi connectivity index (χ0) is 13.8. The first-order chi connectivity index (χ1) is 9.08. The lowest BCUT2D eigenvalue weighted by Gasteiger charge is -2.09. The highest BCUT2D eigenvalue weighted by Crippen LogP contribution is 2.20. The van der Waals surface area contributed by atoms with Crippen LogP contribution in [0.25, 0.3) is 0 Å². The van der Waals surface area contributed by atoms with Gasteiger partial charge in [0, 0.05) is 11.3 Å². The largest absolute Gasteiger partial charge is 0.493 e. The number of benzene rings is 1. The maximum absolute atomic E-state index is 10.9. The van der Waals surface area contributed by atoms with Gasteiger partial charge in [0.2, 0.25) is 0 Å². The molecule has 1 N–H and O–H groups in total. The maximum atomic E-state index is 10.9. The fraction of sp³-hybridized carbons (Fsp3) is 0.286. The number of rotatable bonds is 5. The fourth-order valence-electron chi connectivity index (χ4n) is 1.71. The van der Waals surface area contributed by atoms with Crippen LogP contribution in [0.15, 0.2) is 23.7 Å². The summed E-state index contributed by atoms with van der Waals surface area (Å²) < 4.78 is 5.67. The summed E-state index contributed by atoms with van der Waals surface area (Å²) in [6.07, 6.45) is 0.785. The van der Waals surface area contributed by atoms with E-state index in [1.807, 2.05) is 19.4 Å². The number of carboxylic acid groups (broad SMARTS) is 1. The molecule has 0 aliphatic heterocycles. The van der Waals surface area contributed by atoms with Gasteiger partial charge in [-0.1, -0.05) is 6.07 Å². The summed E-state index contributed by atoms with van der Waals surface area (Å²) in [5.41, 5.74) is 4.03. The second-order valence-electron chi connectivity index (χ2n) is 4.24. The van der Waals surface area contributed by atoms with Crippen LogP contribution in [0.3, 0.4) is 0 Å². The summed E-state index contributed by atoms with van der Waals surface area (Å²) in [5, 5.41) is 8.95. The van der Waals surface area contributed by atoms with Crippen molar-refractivity contribution < 1.29 is 14.6 Å². The minimum atomic E-state index is -0.942. The molecule has 0 fully saturated rings. The standard InChI is InChI=1S/C14H15NO3S/c1-9-3-4-11(14(16)17)7-12(9)18-6-5-13-10(2)15-8-19-13/h3-4,7-8H,5-6H2,1-2H3,(H,16,17). The average Bonchev–Trinajstić information content (AvgIpc) is 2.77. The molecule has 0 bridgehead atoms. The van der Waals surface area contributed by atoms with Crippen LogP contribution in [0, 0.1) is 13.8 Å². The lowest BCUT2D eigenvalue weighted by Crippen LogP contribution is -2.04. The normalized spacial score (nSPS) is 10.4. The molecule has 1 aromatic carbocycles. The Bertz CT molecular complexity index is 592. The Morgan fingerprint density at radius 2 is 2.21 bits per heavy atom. The Morgan fingerprint density at radius 1 is 1.42 bits per heavy atom. The SMILES string of the molecule is Cc1ccc(C(=O)O)cc1OCCc1scnc1C. The molecule has 0 aliphatic rings. The molecule has 100 valence electrons. The topological polar surface area (TPSA) is 59.4 Å². The van der Waals surface area contributed by atoms with Crippen molar-refractivity contribution >= 4 is 17.3 Å². The van der Waals surface area contributed by atoms with Crippen LogP contribution in [-0.4, -0.2) is 22.7 Å². The van der Waals surface area contributed by atoms with Gasteiger partial charge in [0.25, 0.3) is 0 Å². The maximum Gasteiger partial charge on any atom is 0.335 e. The molecule has 2 aromatic rings. The monoisotopic (exact) mass is 277 g/mol. The van der Waals surface area contributed by atoms with Gasteiger partial charge in [0.1, 0.15) is 5.75 Å². The highest BCUT2D eigenvalue weighted by atomic mass is 32.1. The first-order valence-corrected chi connectivity index (χ1v) is 6.81. The van der Waals surface area contributed by atoms with Crippen molar-refractivity contribution in [3.05, 3.63) is 45.4 Å². The van der Waals surface area contributed by atoms with Gasteiger partial charge in [-0.25, -0.2) is 9.78 Å². The zero-order valence-electron chi connectivity index (χ0n) is 10.8. The van der Waals surface area contributed by atoms with Crippen LogP contribution in [0.4, 0.5) is 0 Å². The molecule has 0 atom stereocenters. The van der Waals surface area contributed by atoms with E-state index < -0.39 is 5.97 Å². The number of thiazole rings is 1. The van der Waals surface area contributed by atoms with Crippen molar-refractivity contribution in [1.29, 1.82) is 0 Å². The van der Waals surface area contributed by atoms with Gasteiger partial charge in [-0.15, -0.1) is 11.3 Å². The summed E-state index contributed by atoms with van der Waals surface area (Å²) >= 11 is 1.61. The number of hydrogen-bond acceptors (Lipinski definition) is 4. The summed E-state index contributed by atoms with van der Waals surface area (Å²) in [7, 11) is 0. The number of aromatic nitrogens is 1. The Morgan fingerprint density at radius 3 is 2.84 bits per heavy atom. The smallest absolute Gasteiger partial charge is 0.335 e. The Kier molecular flexibility index (Phi) is 4.16. The molecule has 2 rings (SSSR count). The van der Waals surface area contributed by atoms with E-state index in [-0.39, 0.29) is 5.56 Å². The number of carboxylic acids is 1. The van der Waals surface area contributed by atoms with Gasteiger partial charge in [-0.2, -0.15) is 0 Å². The number of aryl methyl sites for hydroxylation is 2. The second-order valence-corrected chi connectivity index (χ2v) is 5.18. The highest BCUT2D eigenvalue weighted by Gasteiger charge is 2.08. The molecule has 0 saturated heterocycles. The van der Waals surface area contributed by atoms with E-state index in [2.05, 4.69) is 4.98 Å². The third-order valence-corrected chi connectivity index (χ3v) is 3.86. The molecule has 0 unspecified atom stereocenters. The second kappa shape index (κ2) is 5.84. The van der Waals surface area contributed by atoms with Crippen LogP contribution in [0.1, 0.15) is 26.5 Å². The van der Waals surface area contributed by atoms with Crippen molar-refractivity contribution in [3.8, 4) is 5.75 Å². The molecule has 0 saturated carbocycles. The number of ether oxygens (including phenoxy) is 1. The molecule has 4 nitrogen and oxygen atoms in total. The third kappa shape index (κ3) is 3.32. The quantitative estimate of drug-likeness (QED) is 0.912. The van der Waals surface area contributed by atoms with Crippen molar-refractivity contribution in [2.24, 2.45) is 0 Å². The molecule has 0 amide bonds. The summed E-state index contributed by atoms with van der Waals surface area (Å²) in [6.45, 7) is 4.40. The Labute approximate surface area is 115 Å². The molecular formula is C14H15NO3S. The predicted molar refractivity (Wildman–Crippen MR) is 74.2 cm³/mol. The van der Waals surface area contributed by atoms with Crippen LogP contribution in [0.5, 0.6) is 5.75 Å². The van der Waals surface area contributed by atoms with E-state index in [9.17, 15) is 4.79 Å². The Hall–Kier alpha value is -1.88. The van der Waals surface area contributed by atoms with Crippen molar-refractivity contribution in [2.75, 3.05) is 6.61 Å². The molecule has 0 radical (unpaired) electrons. The molecule has 0 spiro atoms. The molecular weight excluding hydrogens is 262 g/mol. The minimum Gasteiger partial charge on any atom is -0.493 e. The summed E-state index contributed by atoms with van der Waals surface area (Å²) in [4.78, 5) is 16.3. The van der Waals surface area contributed by atoms with Crippen molar-refractivity contribution in [1.82, 2.24) is 4.98 Å². The number of hydrogen-bond donors (Lipinski definition) is 1. The molecule has 1 heterocycles. The van der Waals surface area contributed by atoms with Crippen LogP contribution in [0.2, 0.25) is 0 Å². The van der Waals surface area contributed by atoms with Gasteiger partial charge < -0.3 is 9.84 Å². The predicted octanol–water partition coefficient (Wildman–Crippen LogP) is 3.08. The van der Waals surface area contributed by atoms with E-state index in [1.54, 1.807) is 29.5 Å². The van der Waals surface area contributed by atoms with Gasteiger partial charge >= 0.3 is 5.97 Å². The first kappa shape index (κ1) is 13.5. The first-order valence-electron chi connectivity index (χ1n) is 5.93. The number of aromatic carboxylic acids is 1. The van der Waals surface area contributed by atoms with Gasteiger partial charge in [-0.3, -0.25) is 0 Å². The van der Waals surface area contributed by atoms with Crippen molar-refractivity contribution in [2.45, 2.75) is 20.3 Å². The van der Waals surface area contributed by atoms with Gasteiger partial charge in [-0.05, 0) is 31.5 Å². The van der Waals surface area contributed by atoms with Crippen LogP contribution in [-0.2, 0) is 6.42 Å². The van der Waals surface area contributed by atoms with E-state index >= 15 is 0 Å². The fourth-order valence-corrected chi connectivity index (χ4v) is 2.47. The van der Waals surface area contributed by atoms with Gasteiger partial charge in [0.05, 0.1) is 23.4 Å². The number of carbonyl (C=O) groups is 1. The van der Waals surface area contributed by atoms with Crippen molar-refractivity contribution in [3.63, 3.8) is 0 Å². The zero-order valence-corrected chi connectivity index (χ0v) is 11.7. The average molecular weight is 277 g/mol. The lowest BCUT2D eigenvalue weighted by atomic mass is 10.1. The molecule has 19 heavy (non-hydrogen) atoms. The minimum absolute atomic E-state index is 0.245. The molecule has 0 aliphatic carbocycles. The van der Waals surface area contributed by atoms with E-state index in [1.165, 1.54) is 4.88 Å². The lowest BCUT2D eigenvalue weighted by molar-refractivity contribution is 0.0696. The summed E-state index contributed by atoms with van der Waals surface area (Å²) in [6, 6.07) is 4.91. The van der Waals surface area contributed by atoms with E-state index in [0.29, 0.717) is 12.4 Å². The molecule has 1 aromatic heterocycles. The molecule has 5 heteroatoms. The number of nitrogens with zero attached hydrogens (tertiary/aromatic N) is 1. The van der Waals surface area contributed by atoms with E-state index in [4.69, 9.17) is 9.84 Å². The Balaban J connectivity index is 2.01. The van der Waals surface area contributed by atoms with Crippen LogP contribution >= 0.6 is 11.3 Å². The van der Waals surface area contributed by atoms with Gasteiger partial charge in [0.15, 0.2) is 0 Å². The third-order valence-electron chi connectivity index (χ3n) is 2.87. The summed E-state index contributed by atoms with van der Waals surface area (Å²) in [5.74, 6) is -0.315. The highest BCUT2D eigenvalue weighted by molar-refractivity contribution is 7.09. The van der Waals surface area contributed by atoms with E-state index in [0.717, 1.165) is 17.7 Å².